The molecule has 0 aliphatic carbocycles. The summed E-state index contributed by atoms with van der Waals surface area (Å²) in [5.74, 6) is 1.69. The monoisotopic (exact) mass is 256 g/mol. The van der Waals surface area contributed by atoms with E-state index in [1.807, 2.05) is 13.8 Å². The van der Waals surface area contributed by atoms with Crippen LogP contribution in [0, 0.1) is 19.8 Å². The van der Waals surface area contributed by atoms with Crippen molar-refractivity contribution in [3.63, 3.8) is 0 Å². The Morgan fingerprint density at radius 3 is 2.53 bits per heavy atom. The average Bonchev–Trinajstić information content (AvgIpc) is 2.52. The van der Waals surface area contributed by atoms with Gasteiger partial charge >= 0.3 is 0 Å². The van der Waals surface area contributed by atoms with Crippen molar-refractivity contribution in [2.24, 2.45) is 5.92 Å². The van der Waals surface area contributed by atoms with Crippen LogP contribution < -0.4 is 5.32 Å². The van der Waals surface area contributed by atoms with Crippen molar-refractivity contribution in [3.8, 4) is 0 Å². The summed E-state index contributed by atoms with van der Waals surface area (Å²) in [4.78, 5) is 4.38. The van der Waals surface area contributed by atoms with Crippen LogP contribution in [0.2, 0.25) is 0 Å². The Morgan fingerprint density at radius 2 is 2.00 bits per heavy atom. The summed E-state index contributed by atoms with van der Waals surface area (Å²) in [5.41, 5.74) is 0.993. The van der Waals surface area contributed by atoms with Gasteiger partial charge in [-0.05, 0) is 32.7 Å². The topological polar surface area (TPSA) is 38.1 Å². The van der Waals surface area contributed by atoms with E-state index < -0.39 is 0 Å². The molecule has 1 rings (SSSR count). The van der Waals surface area contributed by atoms with Crippen LogP contribution in [-0.4, -0.2) is 23.3 Å². The molecule has 1 aromatic heterocycles. The molecular weight excluding hydrogens is 232 g/mol. The number of nitrogens with one attached hydrogen (secondary N) is 1. The maximum absolute atomic E-state index is 5.55. The maximum atomic E-state index is 5.55. The molecule has 17 heavy (non-hydrogen) atoms. The first-order valence-electron chi connectivity index (χ1n) is 6.30. The van der Waals surface area contributed by atoms with Crippen molar-refractivity contribution in [1.82, 2.24) is 10.3 Å². The first-order valence-corrected chi connectivity index (χ1v) is 7.18. The van der Waals surface area contributed by atoms with E-state index in [-0.39, 0.29) is 0 Å². The number of oxazole rings is 1. The lowest BCUT2D eigenvalue weighted by Gasteiger charge is -2.11. The first-order chi connectivity index (χ1) is 7.99. The zero-order valence-corrected chi connectivity index (χ0v) is 12.4. The van der Waals surface area contributed by atoms with E-state index in [2.05, 4.69) is 31.1 Å². The first kappa shape index (κ1) is 14.6. The largest absolute Gasteiger partial charge is 0.437 e. The van der Waals surface area contributed by atoms with Crippen LogP contribution in [0.1, 0.15) is 38.6 Å². The molecule has 1 heterocycles. The number of aromatic nitrogens is 1. The molecule has 0 saturated carbocycles. The number of hydrogen-bond acceptors (Lipinski definition) is 4. The van der Waals surface area contributed by atoms with E-state index in [1.165, 1.54) is 6.42 Å². The third-order valence-corrected chi connectivity index (χ3v) is 3.59. The van der Waals surface area contributed by atoms with Gasteiger partial charge in [-0.2, -0.15) is 0 Å². The van der Waals surface area contributed by atoms with E-state index in [0.29, 0.717) is 5.25 Å². The highest BCUT2D eigenvalue weighted by molar-refractivity contribution is 7.99. The number of nitrogens with zero attached hydrogens (tertiary/aromatic N) is 1. The highest BCUT2D eigenvalue weighted by Crippen LogP contribution is 2.23. The van der Waals surface area contributed by atoms with Crippen LogP contribution in [0.3, 0.4) is 0 Å². The highest BCUT2D eigenvalue weighted by atomic mass is 32.2. The standard InChI is InChI=1S/C13H24N2OS/c1-9(2)6-7-14-8-10(3)17-13-15-11(4)12(5)16-13/h9-10,14H,6-8H2,1-5H3. The number of hydrogen-bond donors (Lipinski definition) is 1. The van der Waals surface area contributed by atoms with Crippen LogP contribution in [0.4, 0.5) is 0 Å². The van der Waals surface area contributed by atoms with Gasteiger partial charge in [0.2, 0.25) is 0 Å². The third-order valence-electron chi connectivity index (χ3n) is 2.64. The molecule has 1 atom stereocenters. The number of thioether (sulfide) groups is 1. The fourth-order valence-electron chi connectivity index (χ4n) is 1.40. The van der Waals surface area contributed by atoms with Crippen LogP contribution in [0.15, 0.2) is 9.64 Å². The van der Waals surface area contributed by atoms with Crippen LogP contribution in [0.5, 0.6) is 0 Å². The second-order valence-electron chi connectivity index (χ2n) is 4.94. The minimum Gasteiger partial charge on any atom is -0.437 e. The number of rotatable bonds is 7. The lowest BCUT2D eigenvalue weighted by atomic mass is 10.1. The van der Waals surface area contributed by atoms with E-state index >= 15 is 0 Å². The molecule has 0 aliphatic rings. The molecule has 98 valence electrons. The van der Waals surface area contributed by atoms with Crippen molar-refractivity contribution in [1.29, 1.82) is 0 Å². The second kappa shape index (κ2) is 7.07. The fourth-order valence-corrected chi connectivity index (χ4v) is 2.31. The Labute approximate surface area is 109 Å². The fraction of sp³-hybridized carbons (Fsp3) is 0.769. The summed E-state index contributed by atoms with van der Waals surface area (Å²) in [5, 5.41) is 4.74. The van der Waals surface area contributed by atoms with Crippen LogP contribution >= 0.6 is 11.8 Å². The van der Waals surface area contributed by atoms with Crippen molar-refractivity contribution in [2.45, 2.75) is 51.5 Å². The smallest absolute Gasteiger partial charge is 0.256 e. The Morgan fingerprint density at radius 1 is 1.29 bits per heavy atom. The van der Waals surface area contributed by atoms with Gasteiger partial charge in [0.05, 0.1) is 5.69 Å². The van der Waals surface area contributed by atoms with Gasteiger partial charge in [0, 0.05) is 11.8 Å². The van der Waals surface area contributed by atoms with Gasteiger partial charge in [-0.1, -0.05) is 32.5 Å². The molecule has 0 fully saturated rings. The Hall–Kier alpha value is -0.480. The lowest BCUT2D eigenvalue weighted by molar-refractivity contribution is 0.430. The van der Waals surface area contributed by atoms with Gasteiger partial charge in [0.25, 0.3) is 5.22 Å². The van der Waals surface area contributed by atoms with E-state index in [4.69, 9.17) is 4.42 Å². The quantitative estimate of drug-likeness (QED) is 0.599. The average molecular weight is 256 g/mol. The predicted molar refractivity (Wildman–Crippen MR) is 73.6 cm³/mol. The van der Waals surface area contributed by atoms with Crippen molar-refractivity contribution < 1.29 is 4.42 Å². The summed E-state index contributed by atoms with van der Waals surface area (Å²) in [6.45, 7) is 12.7. The molecule has 1 N–H and O–H groups in total. The van der Waals surface area contributed by atoms with Gasteiger partial charge < -0.3 is 9.73 Å². The molecule has 4 heteroatoms. The van der Waals surface area contributed by atoms with Crippen molar-refractivity contribution >= 4 is 11.8 Å². The molecule has 0 spiro atoms. The summed E-state index contributed by atoms with van der Waals surface area (Å²) in [7, 11) is 0. The maximum Gasteiger partial charge on any atom is 0.256 e. The highest BCUT2D eigenvalue weighted by Gasteiger charge is 2.10. The summed E-state index contributed by atoms with van der Waals surface area (Å²) < 4.78 is 5.55. The van der Waals surface area contributed by atoms with Crippen LogP contribution in [-0.2, 0) is 0 Å². The van der Waals surface area contributed by atoms with Crippen molar-refractivity contribution in [2.75, 3.05) is 13.1 Å². The van der Waals surface area contributed by atoms with Gasteiger partial charge in [-0.15, -0.1) is 0 Å². The number of aryl methyl sites for hydroxylation is 2. The molecule has 3 nitrogen and oxygen atoms in total. The molecule has 0 aliphatic heterocycles. The predicted octanol–water partition coefficient (Wildman–Crippen LogP) is 3.41. The summed E-state index contributed by atoms with van der Waals surface area (Å²) in [6.07, 6.45) is 1.23. The van der Waals surface area contributed by atoms with E-state index in [1.54, 1.807) is 11.8 Å². The minimum absolute atomic E-state index is 0.486. The summed E-state index contributed by atoms with van der Waals surface area (Å²) >= 11 is 1.70. The van der Waals surface area contributed by atoms with Gasteiger partial charge in [-0.25, -0.2) is 4.98 Å². The molecule has 1 unspecified atom stereocenters. The third kappa shape index (κ3) is 5.59. The molecule has 0 bridgehead atoms. The Kier molecular flexibility index (Phi) is 6.06. The van der Waals surface area contributed by atoms with Gasteiger partial charge in [0.15, 0.2) is 0 Å². The zero-order valence-electron chi connectivity index (χ0n) is 11.5. The SMILES string of the molecule is Cc1nc(SC(C)CNCCC(C)C)oc1C. The zero-order chi connectivity index (χ0) is 12.8. The Bertz CT molecular complexity index is 317. The van der Waals surface area contributed by atoms with Crippen molar-refractivity contribution in [3.05, 3.63) is 11.5 Å². The van der Waals surface area contributed by atoms with Crippen LogP contribution in [0.25, 0.3) is 0 Å². The Balaban J connectivity index is 2.22. The molecule has 1 aromatic rings. The normalized spacial score (nSPS) is 13.3. The van der Waals surface area contributed by atoms with E-state index in [9.17, 15) is 0 Å². The molecular formula is C13H24N2OS. The summed E-state index contributed by atoms with van der Waals surface area (Å²) in [6, 6.07) is 0. The van der Waals surface area contributed by atoms with E-state index in [0.717, 1.165) is 35.7 Å². The minimum atomic E-state index is 0.486. The molecule has 0 amide bonds. The molecule has 0 saturated heterocycles. The van der Waals surface area contributed by atoms with Gasteiger partial charge in [-0.3, -0.25) is 0 Å². The lowest BCUT2D eigenvalue weighted by Crippen LogP contribution is -2.24. The molecule has 0 radical (unpaired) electrons. The second-order valence-corrected chi connectivity index (χ2v) is 6.33. The molecule has 0 aromatic carbocycles. The van der Waals surface area contributed by atoms with Gasteiger partial charge in [0.1, 0.15) is 5.76 Å².